The fourth-order valence-electron chi connectivity index (χ4n) is 1.45. The summed E-state index contributed by atoms with van der Waals surface area (Å²) in [5.74, 6) is -1.00. The van der Waals surface area contributed by atoms with Gasteiger partial charge >= 0.3 is 6.18 Å². The summed E-state index contributed by atoms with van der Waals surface area (Å²) in [6.07, 6.45) is -4.59. The van der Waals surface area contributed by atoms with Gasteiger partial charge in [0.15, 0.2) is 0 Å². The number of hydrogen-bond donors (Lipinski definition) is 2. The third-order valence-corrected chi connectivity index (χ3v) is 3.07. The number of rotatable bonds is 3. The van der Waals surface area contributed by atoms with E-state index in [1.54, 1.807) is 12.1 Å². The first-order valence-corrected chi connectivity index (χ1v) is 6.63. The molecule has 0 aliphatic heterocycles. The highest BCUT2D eigenvalue weighted by molar-refractivity contribution is 14.1. The van der Waals surface area contributed by atoms with Gasteiger partial charge in [0.2, 0.25) is 5.82 Å². The molecule has 0 radical (unpaired) electrons. The lowest BCUT2D eigenvalue weighted by molar-refractivity contribution is -0.144. The molecule has 4 nitrogen and oxygen atoms in total. The highest BCUT2D eigenvalue weighted by atomic mass is 127. The fraction of sp³-hybridized carbons (Fsp3) is 0.167. The summed E-state index contributed by atoms with van der Waals surface area (Å²) in [5.41, 5.74) is 0.652. The molecular weight excluding hydrogens is 384 g/mol. The lowest BCUT2D eigenvalue weighted by Crippen LogP contribution is -2.13. The highest BCUT2D eigenvalue weighted by Gasteiger charge is 2.35. The summed E-state index contributed by atoms with van der Waals surface area (Å²) in [5, 5.41) is 5.41. The van der Waals surface area contributed by atoms with Gasteiger partial charge in [-0.15, -0.1) is 0 Å². The molecule has 8 heteroatoms. The van der Waals surface area contributed by atoms with Gasteiger partial charge in [-0.25, -0.2) is 9.97 Å². The van der Waals surface area contributed by atoms with Gasteiger partial charge in [-0.2, -0.15) is 13.2 Å². The number of anilines is 3. The van der Waals surface area contributed by atoms with E-state index >= 15 is 0 Å². The summed E-state index contributed by atoms with van der Waals surface area (Å²) in [4.78, 5) is 6.87. The van der Waals surface area contributed by atoms with Crippen LogP contribution in [0, 0.1) is 3.57 Å². The molecule has 1 aromatic carbocycles. The van der Waals surface area contributed by atoms with Crippen LogP contribution in [0.1, 0.15) is 5.82 Å². The van der Waals surface area contributed by atoms with Gasteiger partial charge in [0.05, 0.1) is 0 Å². The first kappa shape index (κ1) is 14.8. The molecule has 0 fully saturated rings. The Kier molecular flexibility index (Phi) is 4.31. The molecule has 2 rings (SSSR count). The van der Waals surface area contributed by atoms with Crippen LogP contribution >= 0.6 is 22.6 Å². The molecule has 0 saturated heterocycles. The van der Waals surface area contributed by atoms with E-state index in [2.05, 4.69) is 43.2 Å². The fourth-order valence-corrected chi connectivity index (χ4v) is 1.81. The van der Waals surface area contributed by atoms with E-state index in [1.165, 1.54) is 13.1 Å². The minimum atomic E-state index is -4.59. The van der Waals surface area contributed by atoms with Gasteiger partial charge in [-0.1, -0.05) is 0 Å². The van der Waals surface area contributed by atoms with E-state index in [-0.39, 0.29) is 11.6 Å². The Morgan fingerprint density at radius 2 is 1.65 bits per heavy atom. The Balaban J connectivity index is 2.33. The Hall–Kier alpha value is -1.58. The third-order valence-electron chi connectivity index (χ3n) is 2.35. The molecule has 2 aromatic rings. The van der Waals surface area contributed by atoms with Crippen molar-refractivity contribution in [3.63, 3.8) is 0 Å². The molecule has 0 aliphatic carbocycles. The van der Waals surface area contributed by atoms with Crippen LogP contribution in [0.5, 0.6) is 0 Å². The summed E-state index contributed by atoms with van der Waals surface area (Å²) >= 11 is 2.14. The molecule has 1 aromatic heterocycles. The smallest absolute Gasteiger partial charge is 0.373 e. The third kappa shape index (κ3) is 3.71. The molecule has 2 N–H and O–H groups in total. The van der Waals surface area contributed by atoms with Crippen LogP contribution in [-0.2, 0) is 6.18 Å². The van der Waals surface area contributed by atoms with Crippen LogP contribution in [0.4, 0.5) is 30.5 Å². The molecule has 0 unspecified atom stereocenters. The highest BCUT2D eigenvalue weighted by Crippen LogP contribution is 2.29. The molecule has 1 heterocycles. The molecule has 0 amide bonds. The van der Waals surface area contributed by atoms with Crippen molar-refractivity contribution in [3.05, 3.63) is 39.7 Å². The van der Waals surface area contributed by atoms with Gasteiger partial charge in [0, 0.05) is 22.4 Å². The van der Waals surface area contributed by atoms with Gasteiger partial charge in [0.1, 0.15) is 11.6 Å². The predicted octanol–water partition coefficient (Wildman–Crippen LogP) is 3.89. The van der Waals surface area contributed by atoms with E-state index < -0.39 is 12.0 Å². The van der Waals surface area contributed by atoms with Crippen LogP contribution in [0.25, 0.3) is 0 Å². The van der Waals surface area contributed by atoms with E-state index in [9.17, 15) is 13.2 Å². The van der Waals surface area contributed by atoms with E-state index in [4.69, 9.17) is 0 Å². The zero-order valence-electron chi connectivity index (χ0n) is 10.3. The molecule has 20 heavy (non-hydrogen) atoms. The van der Waals surface area contributed by atoms with Crippen molar-refractivity contribution in [1.29, 1.82) is 0 Å². The second-order valence-corrected chi connectivity index (χ2v) is 5.09. The van der Waals surface area contributed by atoms with E-state index in [1.807, 2.05) is 12.1 Å². The van der Waals surface area contributed by atoms with Crippen LogP contribution in [0.3, 0.4) is 0 Å². The minimum absolute atomic E-state index is 0.0814. The zero-order chi connectivity index (χ0) is 14.8. The standard InChI is InChI=1S/C12H10F3IN4/c1-17-9-6-10(20-11(19-9)12(13,14)15)18-8-4-2-7(16)3-5-8/h2-6H,1H3,(H2,17,18,19,20). The topological polar surface area (TPSA) is 49.8 Å². The molecule has 0 saturated carbocycles. The number of nitrogens with zero attached hydrogens (tertiary/aromatic N) is 2. The average molecular weight is 394 g/mol. The van der Waals surface area contributed by atoms with Crippen LogP contribution in [0.15, 0.2) is 30.3 Å². The van der Waals surface area contributed by atoms with Gasteiger partial charge < -0.3 is 10.6 Å². The molecule has 0 aliphatic rings. The summed E-state index contributed by atoms with van der Waals surface area (Å²) in [6.45, 7) is 0. The monoisotopic (exact) mass is 394 g/mol. The molecule has 0 spiro atoms. The minimum Gasteiger partial charge on any atom is -0.373 e. The summed E-state index contributed by atoms with van der Waals surface area (Å²) in [6, 6.07) is 8.61. The maximum atomic E-state index is 12.7. The first-order chi connectivity index (χ1) is 9.38. The Morgan fingerprint density at radius 1 is 1.05 bits per heavy atom. The number of alkyl halides is 3. The Labute approximate surface area is 127 Å². The number of hydrogen-bond acceptors (Lipinski definition) is 4. The van der Waals surface area contributed by atoms with Crippen molar-refractivity contribution >= 4 is 39.9 Å². The Bertz CT molecular complexity index is 599. The van der Waals surface area contributed by atoms with Crippen molar-refractivity contribution in [1.82, 2.24) is 9.97 Å². The molecule has 106 valence electrons. The van der Waals surface area contributed by atoms with Crippen molar-refractivity contribution in [2.75, 3.05) is 17.7 Å². The van der Waals surface area contributed by atoms with Crippen molar-refractivity contribution in [2.24, 2.45) is 0 Å². The van der Waals surface area contributed by atoms with Gasteiger partial charge in [0.25, 0.3) is 0 Å². The first-order valence-electron chi connectivity index (χ1n) is 5.55. The largest absolute Gasteiger partial charge is 0.451 e. The number of halogens is 4. The average Bonchev–Trinajstić information content (AvgIpc) is 2.40. The molecule has 0 bridgehead atoms. The van der Waals surface area contributed by atoms with Gasteiger partial charge in [-0.05, 0) is 46.9 Å². The number of aromatic nitrogens is 2. The molecule has 0 atom stereocenters. The van der Waals surface area contributed by atoms with Gasteiger partial charge in [-0.3, -0.25) is 0 Å². The zero-order valence-corrected chi connectivity index (χ0v) is 12.5. The second-order valence-electron chi connectivity index (χ2n) is 3.84. The van der Waals surface area contributed by atoms with E-state index in [0.717, 1.165) is 3.57 Å². The summed E-state index contributed by atoms with van der Waals surface area (Å²) < 4.78 is 39.1. The second kappa shape index (κ2) is 5.81. The number of nitrogens with one attached hydrogen (secondary N) is 2. The number of benzene rings is 1. The Morgan fingerprint density at radius 3 is 2.20 bits per heavy atom. The summed E-state index contributed by atoms with van der Waals surface area (Å²) in [7, 11) is 1.50. The van der Waals surface area contributed by atoms with Crippen molar-refractivity contribution in [3.8, 4) is 0 Å². The quantitative estimate of drug-likeness (QED) is 0.776. The van der Waals surface area contributed by atoms with Crippen molar-refractivity contribution in [2.45, 2.75) is 6.18 Å². The van der Waals surface area contributed by atoms with Crippen molar-refractivity contribution < 1.29 is 13.2 Å². The SMILES string of the molecule is CNc1cc(Nc2ccc(I)cc2)nc(C(F)(F)F)n1. The lowest BCUT2D eigenvalue weighted by atomic mass is 10.3. The molecular formula is C12H10F3IN4. The maximum absolute atomic E-state index is 12.7. The van der Waals surface area contributed by atoms with Crippen LogP contribution < -0.4 is 10.6 Å². The normalized spacial score (nSPS) is 11.2. The van der Waals surface area contributed by atoms with E-state index in [0.29, 0.717) is 5.69 Å². The maximum Gasteiger partial charge on any atom is 0.451 e. The predicted molar refractivity (Wildman–Crippen MR) is 79.0 cm³/mol. The van der Waals surface area contributed by atoms with Crippen LogP contribution in [0.2, 0.25) is 0 Å². The van der Waals surface area contributed by atoms with Crippen LogP contribution in [-0.4, -0.2) is 17.0 Å². The lowest BCUT2D eigenvalue weighted by Gasteiger charge is -2.11.